The fourth-order valence-corrected chi connectivity index (χ4v) is 3.69. The molecular weight excluding hydrogens is 394 g/mol. The van der Waals surface area contributed by atoms with Crippen LogP contribution in [0.5, 0.6) is 0 Å². The predicted molar refractivity (Wildman–Crippen MR) is 106 cm³/mol. The zero-order valence-corrected chi connectivity index (χ0v) is 16.3. The van der Waals surface area contributed by atoms with Crippen LogP contribution >= 0.6 is 15.9 Å². The smallest absolute Gasteiger partial charge is 0.317 e. The molecule has 26 heavy (non-hydrogen) atoms. The quantitative estimate of drug-likeness (QED) is 0.798. The highest BCUT2D eigenvalue weighted by Gasteiger charge is 2.22. The van der Waals surface area contributed by atoms with E-state index in [0.717, 1.165) is 34.1 Å². The van der Waals surface area contributed by atoms with Gasteiger partial charge in [-0.3, -0.25) is 4.79 Å². The van der Waals surface area contributed by atoms with Crippen molar-refractivity contribution < 1.29 is 9.59 Å². The van der Waals surface area contributed by atoms with Gasteiger partial charge in [0, 0.05) is 36.7 Å². The summed E-state index contributed by atoms with van der Waals surface area (Å²) in [6.45, 7) is 3.30. The van der Waals surface area contributed by atoms with Gasteiger partial charge in [-0.05, 0) is 41.7 Å². The normalized spacial score (nSPS) is 13.1. The highest BCUT2D eigenvalue weighted by molar-refractivity contribution is 9.10. The van der Waals surface area contributed by atoms with Crippen LogP contribution in [0.3, 0.4) is 0 Å². The van der Waals surface area contributed by atoms with E-state index in [9.17, 15) is 9.59 Å². The largest absolute Gasteiger partial charge is 0.338 e. The van der Waals surface area contributed by atoms with Crippen LogP contribution in [0.1, 0.15) is 23.6 Å². The molecule has 1 heterocycles. The summed E-state index contributed by atoms with van der Waals surface area (Å²) >= 11 is 3.53. The molecule has 1 aliphatic rings. The molecule has 5 nitrogen and oxygen atoms in total. The van der Waals surface area contributed by atoms with Crippen LogP contribution in [0, 0.1) is 0 Å². The van der Waals surface area contributed by atoms with E-state index in [4.69, 9.17) is 0 Å². The van der Waals surface area contributed by atoms with Crippen molar-refractivity contribution in [2.45, 2.75) is 26.3 Å². The molecule has 1 aliphatic heterocycles. The zero-order valence-electron chi connectivity index (χ0n) is 14.7. The lowest BCUT2D eigenvalue weighted by atomic mass is 9.98. The topological polar surface area (TPSA) is 61.4 Å². The van der Waals surface area contributed by atoms with Crippen molar-refractivity contribution in [3.05, 3.63) is 63.6 Å². The molecule has 0 atom stereocenters. The Morgan fingerprint density at radius 2 is 1.96 bits per heavy atom. The van der Waals surface area contributed by atoms with Gasteiger partial charge in [-0.25, -0.2) is 4.79 Å². The average molecular weight is 416 g/mol. The third-order valence-electron chi connectivity index (χ3n) is 4.49. The van der Waals surface area contributed by atoms with Gasteiger partial charge in [0.1, 0.15) is 0 Å². The summed E-state index contributed by atoms with van der Waals surface area (Å²) in [4.78, 5) is 25.6. The Kier molecular flexibility index (Phi) is 5.93. The first-order chi connectivity index (χ1) is 12.5. The van der Waals surface area contributed by atoms with Crippen molar-refractivity contribution in [1.82, 2.24) is 10.2 Å². The van der Waals surface area contributed by atoms with E-state index in [1.54, 1.807) is 0 Å². The Balaban J connectivity index is 1.57. The Bertz CT molecular complexity index is 822. The second kappa shape index (κ2) is 8.36. The van der Waals surface area contributed by atoms with Crippen LogP contribution in [-0.4, -0.2) is 29.9 Å². The van der Waals surface area contributed by atoms with Crippen LogP contribution in [0.15, 0.2) is 46.9 Å². The molecule has 0 aromatic heterocycles. The number of nitrogens with zero attached hydrogens (tertiary/aromatic N) is 1. The number of hydrogen-bond donors (Lipinski definition) is 2. The van der Waals surface area contributed by atoms with Gasteiger partial charge in [0.05, 0.1) is 0 Å². The number of halogens is 1. The minimum atomic E-state index is -0.0781. The van der Waals surface area contributed by atoms with Gasteiger partial charge in [-0.1, -0.05) is 46.3 Å². The molecule has 0 radical (unpaired) electrons. The summed E-state index contributed by atoms with van der Waals surface area (Å²) in [6, 6.07) is 13.8. The van der Waals surface area contributed by atoms with Crippen LogP contribution in [0.25, 0.3) is 0 Å². The van der Waals surface area contributed by atoms with Crippen LogP contribution < -0.4 is 10.6 Å². The van der Waals surface area contributed by atoms with Gasteiger partial charge >= 0.3 is 6.03 Å². The van der Waals surface area contributed by atoms with E-state index >= 15 is 0 Å². The van der Waals surface area contributed by atoms with Gasteiger partial charge in [0.15, 0.2) is 0 Å². The number of hydrogen-bond acceptors (Lipinski definition) is 2. The number of rotatable bonds is 4. The molecule has 0 spiro atoms. The Morgan fingerprint density at radius 1 is 1.15 bits per heavy atom. The number of carbonyl (C=O) groups is 2. The second-order valence-electron chi connectivity index (χ2n) is 6.37. The molecule has 0 saturated heterocycles. The first-order valence-electron chi connectivity index (χ1n) is 8.69. The monoisotopic (exact) mass is 415 g/mol. The SMILES string of the molecule is CC(=O)Nc1cccc2c1CCN(C(=O)NCCc1ccccc1Br)C2. The number of anilines is 1. The molecule has 2 N–H and O–H groups in total. The van der Waals surface area contributed by atoms with Crippen molar-refractivity contribution in [3.63, 3.8) is 0 Å². The molecule has 0 aliphatic carbocycles. The number of fused-ring (bicyclic) bond motifs is 1. The lowest BCUT2D eigenvalue weighted by Gasteiger charge is -2.30. The third-order valence-corrected chi connectivity index (χ3v) is 5.27. The summed E-state index contributed by atoms with van der Waals surface area (Å²) in [5.41, 5.74) is 4.24. The molecule has 2 aromatic rings. The molecule has 0 fully saturated rings. The summed E-state index contributed by atoms with van der Waals surface area (Å²) in [5, 5.41) is 5.87. The van der Waals surface area contributed by atoms with E-state index < -0.39 is 0 Å². The molecule has 3 amide bonds. The van der Waals surface area contributed by atoms with Crippen molar-refractivity contribution in [3.8, 4) is 0 Å². The maximum atomic E-state index is 12.5. The van der Waals surface area contributed by atoms with Crippen LogP contribution in [0.2, 0.25) is 0 Å². The highest BCUT2D eigenvalue weighted by Crippen LogP contribution is 2.26. The average Bonchev–Trinajstić information content (AvgIpc) is 2.62. The molecule has 0 unspecified atom stereocenters. The Hall–Kier alpha value is -2.34. The second-order valence-corrected chi connectivity index (χ2v) is 7.22. The van der Waals surface area contributed by atoms with Gasteiger partial charge in [-0.2, -0.15) is 0 Å². The number of urea groups is 1. The summed E-state index contributed by atoms with van der Waals surface area (Å²) in [5.74, 6) is -0.0781. The van der Waals surface area contributed by atoms with Gasteiger partial charge in [-0.15, -0.1) is 0 Å². The van der Waals surface area contributed by atoms with E-state index in [-0.39, 0.29) is 11.9 Å². The van der Waals surface area contributed by atoms with Crippen molar-refractivity contribution in [2.24, 2.45) is 0 Å². The van der Waals surface area contributed by atoms with Crippen molar-refractivity contribution in [1.29, 1.82) is 0 Å². The molecule has 0 saturated carbocycles. The Morgan fingerprint density at radius 3 is 2.73 bits per heavy atom. The molecule has 0 bridgehead atoms. The summed E-state index contributed by atoms with van der Waals surface area (Å²) in [7, 11) is 0. The molecule has 2 aromatic carbocycles. The minimum Gasteiger partial charge on any atom is -0.338 e. The minimum absolute atomic E-state index is 0.0485. The molecular formula is C20H22BrN3O2. The summed E-state index contributed by atoms with van der Waals surface area (Å²) in [6.07, 6.45) is 1.52. The number of benzene rings is 2. The number of nitrogens with one attached hydrogen (secondary N) is 2. The number of amides is 3. The standard InChI is InChI=1S/C20H22BrN3O2/c1-14(25)23-19-8-4-6-16-13-24(12-10-17(16)19)20(26)22-11-9-15-5-2-3-7-18(15)21/h2-8H,9-13H2,1H3,(H,22,26)(H,23,25). The molecule has 136 valence electrons. The zero-order chi connectivity index (χ0) is 18.5. The first-order valence-corrected chi connectivity index (χ1v) is 9.48. The maximum absolute atomic E-state index is 12.5. The van der Waals surface area contributed by atoms with E-state index in [0.29, 0.717) is 19.6 Å². The van der Waals surface area contributed by atoms with Gasteiger partial charge < -0.3 is 15.5 Å². The predicted octanol–water partition coefficient (Wildman–Crippen LogP) is 3.72. The van der Waals surface area contributed by atoms with Crippen LogP contribution in [0.4, 0.5) is 10.5 Å². The van der Waals surface area contributed by atoms with Gasteiger partial charge in [0.25, 0.3) is 0 Å². The Labute approximate surface area is 161 Å². The lowest BCUT2D eigenvalue weighted by Crippen LogP contribution is -2.43. The van der Waals surface area contributed by atoms with E-state index in [1.807, 2.05) is 41.3 Å². The first kappa shape index (κ1) is 18.5. The summed E-state index contributed by atoms with van der Waals surface area (Å²) < 4.78 is 1.06. The van der Waals surface area contributed by atoms with E-state index in [2.05, 4.69) is 32.6 Å². The fraction of sp³-hybridized carbons (Fsp3) is 0.300. The highest BCUT2D eigenvalue weighted by atomic mass is 79.9. The van der Waals surface area contributed by atoms with Crippen LogP contribution in [-0.2, 0) is 24.2 Å². The maximum Gasteiger partial charge on any atom is 0.317 e. The van der Waals surface area contributed by atoms with Gasteiger partial charge in [0.2, 0.25) is 5.91 Å². The van der Waals surface area contributed by atoms with Crippen molar-refractivity contribution >= 4 is 33.6 Å². The molecule has 6 heteroatoms. The van der Waals surface area contributed by atoms with Crippen molar-refractivity contribution in [2.75, 3.05) is 18.4 Å². The lowest BCUT2D eigenvalue weighted by molar-refractivity contribution is -0.114. The molecule has 3 rings (SSSR count). The van der Waals surface area contributed by atoms with E-state index in [1.165, 1.54) is 12.5 Å². The number of carbonyl (C=O) groups excluding carboxylic acids is 2. The third kappa shape index (κ3) is 4.43. The fourth-order valence-electron chi connectivity index (χ4n) is 3.21.